The van der Waals surface area contributed by atoms with Gasteiger partial charge in [-0.1, -0.05) is 19.9 Å². The minimum absolute atomic E-state index is 0.0149. The molecule has 0 bridgehead atoms. The summed E-state index contributed by atoms with van der Waals surface area (Å²) in [6.45, 7) is 6.67. The van der Waals surface area contributed by atoms with E-state index in [2.05, 4.69) is 24.9 Å². The molecular formula is C16H26N2O. The topological polar surface area (TPSA) is 48.1 Å². The molecule has 106 valence electrons. The lowest BCUT2D eigenvalue weighted by Gasteiger charge is -2.35. The molecule has 0 radical (unpaired) electrons. The summed E-state index contributed by atoms with van der Waals surface area (Å²) >= 11 is 0. The Morgan fingerprint density at radius 3 is 2.68 bits per heavy atom. The van der Waals surface area contributed by atoms with E-state index in [0.717, 1.165) is 30.2 Å². The Morgan fingerprint density at radius 2 is 2.11 bits per heavy atom. The summed E-state index contributed by atoms with van der Waals surface area (Å²) in [5, 5.41) is 0. The van der Waals surface area contributed by atoms with Gasteiger partial charge in [0.25, 0.3) is 0 Å². The lowest BCUT2D eigenvalue weighted by Crippen LogP contribution is -2.34. The molecule has 2 N–H and O–H groups in total. The maximum atomic E-state index is 6.29. The summed E-state index contributed by atoms with van der Waals surface area (Å²) in [6.07, 6.45) is 7.49. The monoisotopic (exact) mass is 262 g/mol. The number of nitrogens with zero attached hydrogens (tertiary/aromatic N) is 1. The van der Waals surface area contributed by atoms with Crippen molar-refractivity contribution in [3.63, 3.8) is 0 Å². The van der Waals surface area contributed by atoms with Crippen LogP contribution in [0, 0.1) is 11.8 Å². The van der Waals surface area contributed by atoms with Crippen LogP contribution in [0.2, 0.25) is 0 Å². The summed E-state index contributed by atoms with van der Waals surface area (Å²) in [6, 6.07) is 3.98. The first-order valence-electron chi connectivity index (χ1n) is 7.39. The summed E-state index contributed by atoms with van der Waals surface area (Å²) in [7, 11) is 0. The highest BCUT2D eigenvalue weighted by atomic mass is 16.5. The van der Waals surface area contributed by atoms with Gasteiger partial charge in [-0.2, -0.15) is 0 Å². The lowest BCUT2D eigenvalue weighted by atomic mass is 9.80. The maximum Gasteiger partial charge on any atom is 0.0991 e. The third-order valence-corrected chi connectivity index (χ3v) is 4.38. The zero-order chi connectivity index (χ0) is 13.8. The molecular weight excluding hydrogens is 236 g/mol. The summed E-state index contributed by atoms with van der Waals surface area (Å²) in [5.41, 5.74) is 7.18. The lowest BCUT2D eigenvalue weighted by molar-refractivity contribution is -0.0569. The Labute approximate surface area is 116 Å². The molecule has 0 saturated heterocycles. The number of ether oxygens (including phenoxy) is 1. The number of aromatic nitrogens is 1. The molecule has 3 nitrogen and oxygen atoms in total. The van der Waals surface area contributed by atoms with Gasteiger partial charge in [0, 0.05) is 24.0 Å². The van der Waals surface area contributed by atoms with Gasteiger partial charge in [-0.25, -0.2) is 0 Å². The molecule has 0 aromatic carbocycles. The molecule has 1 heterocycles. The van der Waals surface area contributed by atoms with E-state index in [1.165, 1.54) is 6.42 Å². The van der Waals surface area contributed by atoms with E-state index < -0.39 is 0 Å². The molecule has 19 heavy (non-hydrogen) atoms. The average molecular weight is 262 g/mol. The van der Waals surface area contributed by atoms with E-state index in [9.17, 15) is 0 Å². The number of hydrogen-bond donors (Lipinski definition) is 1. The van der Waals surface area contributed by atoms with Crippen molar-refractivity contribution >= 4 is 0 Å². The smallest absolute Gasteiger partial charge is 0.0991 e. The van der Waals surface area contributed by atoms with Crippen molar-refractivity contribution in [3.8, 4) is 0 Å². The molecule has 1 fully saturated rings. The second kappa shape index (κ2) is 6.49. The number of nitrogens with two attached hydrogens (primary N) is 1. The summed E-state index contributed by atoms with van der Waals surface area (Å²) < 4.78 is 6.29. The van der Waals surface area contributed by atoms with Gasteiger partial charge in [-0.15, -0.1) is 0 Å². The fraction of sp³-hybridized carbons (Fsp3) is 0.688. The van der Waals surface area contributed by atoms with Crippen molar-refractivity contribution in [2.45, 2.75) is 58.3 Å². The highest BCUT2D eigenvalue weighted by molar-refractivity contribution is 5.14. The molecule has 5 atom stereocenters. The second-order valence-corrected chi connectivity index (χ2v) is 6.09. The fourth-order valence-corrected chi connectivity index (χ4v) is 2.88. The quantitative estimate of drug-likeness (QED) is 0.905. The molecule has 1 aliphatic rings. The largest absolute Gasteiger partial charge is 0.369 e. The van der Waals surface area contributed by atoms with Gasteiger partial charge in [0.15, 0.2) is 0 Å². The Balaban J connectivity index is 2.02. The van der Waals surface area contributed by atoms with Crippen LogP contribution in [0.4, 0.5) is 0 Å². The molecule has 1 aromatic heterocycles. The van der Waals surface area contributed by atoms with Crippen molar-refractivity contribution in [2.75, 3.05) is 0 Å². The van der Waals surface area contributed by atoms with E-state index in [1.54, 1.807) is 6.20 Å². The van der Waals surface area contributed by atoms with E-state index in [4.69, 9.17) is 10.5 Å². The van der Waals surface area contributed by atoms with Crippen LogP contribution in [-0.2, 0) is 4.74 Å². The standard InChI is InChI=1S/C16H26N2O/c1-11-6-7-15(9-12(11)2)19-16(13(3)17)14-5-4-8-18-10-14/h4-5,8,10-13,15-16H,6-7,9,17H2,1-3H3. The summed E-state index contributed by atoms with van der Waals surface area (Å²) in [4.78, 5) is 4.17. The summed E-state index contributed by atoms with van der Waals surface area (Å²) in [5.74, 6) is 1.55. The van der Waals surface area contributed by atoms with Gasteiger partial charge in [-0.3, -0.25) is 4.98 Å². The van der Waals surface area contributed by atoms with Gasteiger partial charge in [0.05, 0.1) is 12.2 Å². The van der Waals surface area contributed by atoms with Crippen LogP contribution in [0.5, 0.6) is 0 Å². The zero-order valence-corrected chi connectivity index (χ0v) is 12.3. The highest BCUT2D eigenvalue weighted by Crippen LogP contribution is 2.34. The van der Waals surface area contributed by atoms with Gasteiger partial charge in [0.1, 0.15) is 0 Å². The highest BCUT2D eigenvalue weighted by Gasteiger charge is 2.28. The van der Waals surface area contributed by atoms with Crippen LogP contribution in [0.25, 0.3) is 0 Å². The van der Waals surface area contributed by atoms with Crippen molar-refractivity contribution < 1.29 is 4.74 Å². The predicted octanol–water partition coefficient (Wildman–Crippen LogP) is 3.31. The zero-order valence-electron chi connectivity index (χ0n) is 12.3. The number of pyridine rings is 1. The van der Waals surface area contributed by atoms with Gasteiger partial charge >= 0.3 is 0 Å². The second-order valence-electron chi connectivity index (χ2n) is 6.09. The van der Waals surface area contributed by atoms with Gasteiger partial charge < -0.3 is 10.5 Å². The van der Waals surface area contributed by atoms with Crippen LogP contribution in [-0.4, -0.2) is 17.1 Å². The van der Waals surface area contributed by atoms with Crippen LogP contribution in [0.3, 0.4) is 0 Å². The minimum Gasteiger partial charge on any atom is -0.369 e. The predicted molar refractivity (Wildman–Crippen MR) is 77.7 cm³/mol. The Kier molecular flexibility index (Phi) is 4.94. The van der Waals surface area contributed by atoms with Crippen LogP contribution in [0.15, 0.2) is 24.5 Å². The van der Waals surface area contributed by atoms with E-state index in [-0.39, 0.29) is 12.1 Å². The van der Waals surface area contributed by atoms with E-state index in [1.807, 2.05) is 19.2 Å². The van der Waals surface area contributed by atoms with Crippen molar-refractivity contribution in [2.24, 2.45) is 17.6 Å². The number of rotatable bonds is 4. The Morgan fingerprint density at radius 1 is 1.32 bits per heavy atom. The molecule has 0 amide bonds. The molecule has 2 rings (SSSR count). The third kappa shape index (κ3) is 3.77. The first-order chi connectivity index (χ1) is 9.08. The van der Waals surface area contributed by atoms with Gasteiger partial charge in [-0.05, 0) is 44.1 Å². The maximum absolute atomic E-state index is 6.29. The Hall–Kier alpha value is -0.930. The normalized spacial score (nSPS) is 30.8. The van der Waals surface area contributed by atoms with Crippen molar-refractivity contribution in [1.82, 2.24) is 4.98 Å². The minimum atomic E-state index is -0.0423. The molecule has 0 spiro atoms. The Bertz CT molecular complexity index is 380. The molecule has 1 saturated carbocycles. The molecule has 5 unspecified atom stereocenters. The van der Waals surface area contributed by atoms with Crippen LogP contribution < -0.4 is 5.73 Å². The molecule has 3 heteroatoms. The first-order valence-corrected chi connectivity index (χ1v) is 7.39. The van der Waals surface area contributed by atoms with Crippen LogP contribution in [0.1, 0.15) is 51.7 Å². The fourth-order valence-electron chi connectivity index (χ4n) is 2.88. The third-order valence-electron chi connectivity index (χ3n) is 4.38. The van der Waals surface area contributed by atoms with E-state index >= 15 is 0 Å². The van der Waals surface area contributed by atoms with Crippen molar-refractivity contribution in [1.29, 1.82) is 0 Å². The molecule has 0 aliphatic heterocycles. The molecule has 1 aliphatic carbocycles. The number of hydrogen-bond acceptors (Lipinski definition) is 3. The van der Waals surface area contributed by atoms with Crippen LogP contribution >= 0.6 is 0 Å². The van der Waals surface area contributed by atoms with Crippen molar-refractivity contribution in [3.05, 3.63) is 30.1 Å². The average Bonchev–Trinajstić information content (AvgIpc) is 2.40. The SMILES string of the molecule is CC(N)C(OC1CCC(C)C(C)C1)c1cccnc1. The first kappa shape index (κ1) is 14.5. The molecule has 1 aromatic rings. The van der Waals surface area contributed by atoms with Gasteiger partial charge in [0.2, 0.25) is 0 Å². The van der Waals surface area contributed by atoms with E-state index in [0.29, 0.717) is 6.10 Å².